The maximum atomic E-state index is 13.2. The Bertz CT molecular complexity index is 1680. The maximum Gasteiger partial charge on any atom is 0.264 e. The Hall–Kier alpha value is -3.56. The lowest BCUT2D eigenvalue weighted by molar-refractivity contribution is -0.0391. The number of piperazine rings is 1. The summed E-state index contributed by atoms with van der Waals surface area (Å²) in [7, 11) is -3.71. The zero-order chi connectivity index (χ0) is 33.3. The smallest absolute Gasteiger partial charge is 0.264 e. The number of anilines is 1. The number of hydrogen-bond acceptors (Lipinski definition) is 7. The van der Waals surface area contributed by atoms with E-state index in [0.717, 1.165) is 80.3 Å². The summed E-state index contributed by atoms with van der Waals surface area (Å²) in [6.07, 6.45) is 6.80. The van der Waals surface area contributed by atoms with Crippen LogP contribution in [0.2, 0.25) is 0 Å². The summed E-state index contributed by atoms with van der Waals surface area (Å²) in [6, 6.07) is 22.0. The van der Waals surface area contributed by atoms with Crippen LogP contribution in [0, 0.1) is 23.2 Å². The summed E-state index contributed by atoms with van der Waals surface area (Å²) in [4.78, 5) is 17.8. The summed E-state index contributed by atoms with van der Waals surface area (Å²) < 4.78 is 40.5. The van der Waals surface area contributed by atoms with Gasteiger partial charge in [-0.2, -0.15) is 0 Å². The molecule has 0 atom stereocenters. The van der Waals surface area contributed by atoms with Gasteiger partial charge in [0.05, 0.1) is 19.0 Å². The molecule has 0 aromatic heterocycles. The number of nitrogens with zero attached hydrogens (tertiary/aromatic N) is 2. The van der Waals surface area contributed by atoms with Crippen LogP contribution in [0.25, 0.3) is 11.1 Å². The molecule has 4 bridgehead atoms. The minimum Gasteiger partial charge on any atom is -0.494 e. The van der Waals surface area contributed by atoms with E-state index in [9.17, 15) is 13.2 Å². The third-order valence-corrected chi connectivity index (χ3v) is 12.4. The molecule has 1 aliphatic heterocycles. The zero-order valence-corrected chi connectivity index (χ0v) is 29.1. The topological polar surface area (TPSA) is 88.2 Å². The van der Waals surface area contributed by atoms with E-state index in [0.29, 0.717) is 36.5 Å². The van der Waals surface area contributed by atoms with Crippen molar-refractivity contribution in [3.8, 4) is 22.6 Å². The van der Waals surface area contributed by atoms with Crippen LogP contribution in [0.3, 0.4) is 0 Å². The molecule has 48 heavy (non-hydrogen) atoms. The second-order valence-corrected chi connectivity index (χ2v) is 16.4. The number of amides is 1. The predicted octanol–water partition coefficient (Wildman–Crippen LogP) is 6.75. The van der Waals surface area contributed by atoms with Gasteiger partial charge in [0, 0.05) is 44.0 Å². The monoisotopic (exact) mass is 671 g/mol. The number of rotatable bonds is 12. The number of ether oxygens (including phenoxy) is 2. The average Bonchev–Trinajstić information content (AvgIpc) is 3.04. The molecule has 1 N–H and O–H groups in total. The first-order chi connectivity index (χ1) is 23.2. The summed E-state index contributed by atoms with van der Waals surface area (Å²) in [5.41, 5.74) is 4.70. The van der Waals surface area contributed by atoms with Crippen molar-refractivity contribution in [3.05, 3.63) is 77.9 Å². The number of hydrogen-bond donors (Lipinski definition) is 1. The molecule has 1 amide bonds. The molecule has 3 aromatic rings. The van der Waals surface area contributed by atoms with Crippen LogP contribution in [-0.2, 0) is 16.6 Å². The molecule has 8 nitrogen and oxygen atoms in total. The molecule has 8 rings (SSSR count). The van der Waals surface area contributed by atoms with Crippen molar-refractivity contribution in [2.24, 2.45) is 23.2 Å². The van der Waals surface area contributed by atoms with Crippen LogP contribution >= 0.6 is 0 Å². The fourth-order valence-corrected chi connectivity index (χ4v) is 11.1. The normalized spacial score (nSPS) is 25.2. The van der Waals surface area contributed by atoms with Crippen molar-refractivity contribution in [3.63, 3.8) is 0 Å². The lowest BCUT2D eigenvalue weighted by Gasteiger charge is -2.56. The van der Waals surface area contributed by atoms with E-state index in [1.54, 1.807) is 12.1 Å². The highest BCUT2D eigenvalue weighted by atomic mass is 32.2. The first-order valence-electron chi connectivity index (χ1n) is 17.8. The fraction of sp³-hybridized carbons (Fsp3) is 0.513. The Morgan fingerprint density at radius 1 is 0.792 bits per heavy atom. The average molecular weight is 672 g/mol. The highest BCUT2D eigenvalue weighted by Gasteiger charge is 2.52. The van der Waals surface area contributed by atoms with Crippen molar-refractivity contribution < 1.29 is 22.7 Å². The molecule has 0 spiro atoms. The van der Waals surface area contributed by atoms with Crippen molar-refractivity contribution in [2.75, 3.05) is 50.0 Å². The van der Waals surface area contributed by atoms with Crippen LogP contribution in [0.15, 0.2) is 66.7 Å². The first kappa shape index (κ1) is 33.0. The second kappa shape index (κ2) is 13.7. The van der Waals surface area contributed by atoms with Gasteiger partial charge in [0.2, 0.25) is 10.0 Å². The minimum absolute atomic E-state index is 0.0793. The van der Waals surface area contributed by atoms with Crippen molar-refractivity contribution in [1.29, 1.82) is 0 Å². The second-order valence-electron chi connectivity index (χ2n) is 14.7. The predicted molar refractivity (Wildman–Crippen MR) is 190 cm³/mol. The standard InChI is InChI=1S/C39H49N3O5S/c1-3-46-36-7-5-6-33(21-36)34-19-31(20-37(22-34)47-4-2)26-41-12-14-42(15-13-41)35-10-8-32(9-11-35)38(43)40-48(44,45)27-39-23-28-16-29(24-39)18-30(17-28)25-39/h5-11,19-22,28-30H,3-4,12-18,23-27H2,1-2H3,(H,40,43). The molecule has 4 aliphatic carbocycles. The van der Waals surface area contributed by atoms with Gasteiger partial charge in [0.25, 0.3) is 5.91 Å². The van der Waals surface area contributed by atoms with Crippen LogP contribution in [-0.4, -0.2) is 64.4 Å². The highest BCUT2D eigenvalue weighted by Crippen LogP contribution is 2.60. The van der Waals surface area contributed by atoms with Gasteiger partial charge in [-0.25, -0.2) is 13.1 Å². The molecule has 0 unspecified atom stereocenters. The van der Waals surface area contributed by atoms with Crippen LogP contribution in [0.1, 0.15) is 68.3 Å². The number of benzene rings is 3. The largest absolute Gasteiger partial charge is 0.494 e. The van der Waals surface area contributed by atoms with Gasteiger partial charge in [-0.1, -0.05) is 12.1 Å². The molecular formula is C39H49N3O5S. The Morgan fingerprint density at radius 3 is 2.06 bits per heavy atom. The van der Waals surface area contributed by atoms with E-state index in [1.165, 1.54) is 24.8 Å². The van der Waals surface area contributed by atoms with Crippen LogP contribution < -0.4 is 19.1 Å². The molecule has 0 radical (unpaired) electrons. The van der Waals surface area contributed by atoms with Crippen molar-refractivity contribution in [2.45, 2.75) is 58.9 Å². The number of nitrogens with one attached hydrogen (secondary N) is 1. The van der Waals surface area contributed by atoms with E-state index < -0.39 is 15.9 Å². The number of carbonyl (C=O) groups excluding carboxylic acids is 1. The molecule has 3 aromatic carbocycles. The van der Waals surface area contributed by atoms with E-state index in [-0.39, 0.29) is 11.2 Å². The SMILES string of the molecule is CCOc1cccc(-c2cc(CN3CCN(c4ccc(C(=O)NS(=O)(=O)CC56CC7CC(CC(C7)C5)C6)cc4)CC3)cc(OCC)c2)c1. The van der Waals surface area contributed by atoms with Crippen molar-refractivity contribution >= 4 is 21.6 Å². The van der Waals surface area contributed by atoms with Crippen LogP contribution in [0.5, 0.6) is 11.5 Å². The Labute approximate surface area is 285 Å². The molecule has 5 aliphatic rings. The lowest BCUT2D eigenvalue weighted by Crippen LogP contribution is -2.51. The summed E-state index contributed by atoms with van der Waals surface area (Å²) in [6.45, 7) is 9.59. The minimum atomic E-state index is -3.71. The molecule has 256 valence electrons. The Morgan fingerprint density at radius 2 is 1.42 bits per heavy atom. The zero-order valence-electron chi connectivity index (χ0n) is 28.3. The first-order valence-corrected chi connectivity index (χ1v) is 19.5. The van der Waals surface area contributed by atoms with Crippen LogP contribution in [0.4, 0.5) is 5.69 Å². The van der Waals surface area contributed by atoms with E-state index in [4.69, 9.17) is 9.47 Å². The van der Waals surface area contributed by atoms with E-state index in [2.05, 4.69) is 44.9 Å². The molecule has 5 fully saturated rings. The fourth-order valence-electron chi connectivity index (χ4n) is 9.45. The number of carbonyl (C=O) groups is 1. The Balaban J connectivity index is 0.940. The van der Waals surface area contributed by atoms with Gasteiger partial charge >= 0.3 is 0 Å². The van der Waals surface area contributed by atoms with Gasteiger partial charge < -0.3 is 14.4 Å². The maximum absolute atomic E-state index is 13.2. The number of sulfonamides is 1. The summed E-state index contributed by atoms with van der Waals surface area (Å²) >= 11 is 0. The van der Waals surface area contributed by atoms with Crippen molar-refractivity contribution in [1.82, 2.24) is 9.62 Å². The van der Waals surface area contributed by atoms with Gasteiger partial charge in [-0.15, -0.1) is 0 Å². The lowest BCUT2D eigenvalue weighted by atomic mass is 9.50. The Kier molecular flexibility index (Phi) is 9.44. The summed E-state index contributed by atoms with van der Waals surface area (Å²) in [5.74, 6) is 3.29. The molecule has 1 saturated heterocycles. The van der Waals surface area contributed by atoms with Gasteiger partial charge in [0.15, 0.2) is 0 Å². The third kappa shape index (κ3) is 7.52. The molecule has 4 saturated carbocycles. The summed E-state index contributed by atoms with van der Waals surface area (Å²) in [5, 5.41) is 0. The highest BCUT2D eigenvalue weighted by molar-refractivity contribution is 7.90. The quantitative estimate of drug-likeness (QED) is 0.228. The third-order valence-electron chi connectivity index (χ3n) is 10.9. The molecular weight excluding hydrogens is 623 g/mol. The van der Waals surface area contributed by atoms with Gasteiger partial charge in [-0.05, 0) is 147 Å². The van der Waals surface area contributed by atoms with Gasteiger partial charge in [0.1, 0.15) is 11.5 Å². The molecule has 9 heteroatoms. The molecule has 1 heterocycles. The van der Waals surface area contributed by atoms with Gasteiger partial charge in [-0.3, -0.25) is 9.69 Å². The van der Waals surface area contributed by atoms with E-state index >= 15 is 0 Å². The van der Waals surface area contributed by atoms with E-state index in [1.807, 2.05) is 38.1 Å².